The molecule has 1 aromatic carbocycles. The normalized spacial score (nSPS) is 9.69. The molecule has 1 aromatic heterocycles. The highest BCUT2D eigenvalue weighted by Crippen LogP contribution is 2.29. The van der Waals surface area contributed by atoms with Crippen LogP contribution in [0, 0.1) is 0 Å². The summed E-state index contributed by atoms with van der Waals surface area (Å²) in [5.41, 5.74) is 3.30. The van der Waals surface area contributed by atoms with Gasteiger partial charge in [0.1, 0.15) is 5.52 Å². The summed E-state index contributed by atoms with van der Waals surface area (Å²) in [6, 6.07) is 5.66. The molecule has 13 heavy (non-hydrogen) atoms. The van der Waals surface area contributed by atoms with Crippen LogP contribution in [-0.4, -0.2) is 4.98 Å². The molecule has 0 aliphatic rings. The summed E-state index contributed by atoms with van der Waals surface area (Å²) in [6.07, 6.45) is 0. The van der Waals surface area contributed by atoms with Crippen molar-refractivity contribution in [3.8, 4) is 0 Å². The molecule has 1 heterocycles. The third-order valence-electron chi connectivity index (χ3n) is 1.49. The molecule has 70 valence electrons. The van der Waals surface area contributed by atoms with Crippen molar-refractivity contribution in [2.45, 2.75) is 0 Å². The lowest BCUT2D eigenvalue weighted by molar-refractivity contribution is 1.31. The fraction of sp³-hybridized carbons (Fsp3) is 0. The largest absolute Gasteiger partial charge is 0.300 e. The van der Waals surface area contributed by atoms with Crippen LogP contribution in [0.5, 0.6) is 0 Å². The Kier molecular flexibility index (Phi) is 3.33. The molecule has 0 bridgehead atoms. The third-order valence-corrected chi connectivity index (χ3v) is 2.75. The average Bonchev–Trinajstić information content (AvgIpc) is 2.49. The zero-order valence-electron chi connectivity index (χ0n) is 6.45. The Morgan fingerprint density at radius 2 is 2.23 bits per heavy atom. The lowest BCUT2D eigenvalue weighted by atomic mass is 10.3. The van der Waals surface area contributed by atoms with Gasteiger partial charge in [0.05, 0.1) is 9.72 Å². The van der Waals surface area contributed by atoms with E-state index in [0.717, 1.165) is 10.2 Å². The van der Waals surface area contributed by atoms with Crippen molar-refractivity contribution >= 4 is 50.7 Å². The van der Waals surface area contributed by atoms with Gasteiger partial charge in [0.25, 0.3) is 0 Å². The van der Waals surface area contributed by atoms with E-state index in [9.17, 15) is 0 Å². The number of nitrogens with two attached hydrogens (primary N) is 1. The van der Waals surface area contributed by atoms with E-state index in [0.29, 0.717) is 10.2 Å². The van der Waals surface area contributed by atoms with Gasteiger partial charge in [0.15, 0.2) is 5.13 Å². The number of anilines is 1. The van der Waals surface area contributed by atoms with E-state index in [-0.39, 0.29) is 12.4 Å². The van der Waals surface area contributed by atoms with Crippen molar-refractivity contribution in [3.63, 3.8) is 0 Å². The first-order valence-electron chi connectivity index (χ1n) is 3.33. The van der Waals surface area contributed by atoms with E-state index >= 15 is 0 Å². The van der Waals surface area contributed by atoms with Crippen LogP contribution in [0.3, 0.4) is 0 Å². The summed E-state index contributed by atoms with van der Waals surface area (Å²) in [7, 11) is 0. The molecular weight excluding hydrogens is 229 g/mol. The smallest absolute Gasteiger partial charge is 0.198 e. The van der Waals surface area contributed by atoms with Crippen LogP contribution in [0.25, 0.3) is 10.2 Å². The minimum Gasteiger partial charge on any atom is -0.300 e. The minimum atomic E-state index is 0. The van der Waals surface area contributed by atoms with Crippen molar-refractivity contribution in [1.29, 1.82) is 0 Å². The quantitative estimate of drug-likeness (QED) is 0.591. The summed E-state index contributed by atoms with van der Waals surface area (Å²) in [5.74, 6) is 5.22. The van der Waals surface area contributed by atoms with Crippen LogP contribution in [0.15, 0.2) is 18.2 Å². The van der Waals surface area contributed by atoms with Gasteiger partial charge in [-0.15, -0.1) is 12.4 Å². The predicted octanol–water partition coefficient (Wildman–Crippen LogP) is 2.66. The molecule has 0 fully saturated rings. The fourth-order valence-electron chi connectivity index (χ4n) is 0.977. The monoisotopic (exact) mass is 235 g/mol. The molecule has 0 unspecified atom stereocenters. The maximum Gasteiger partial charge on any atom is 0.198 e. The van der Waals surface area contributed by atoms with Gasteiger partial charge in [-0.05, 0) is 12.1 Å². The Morgan fingerprint density at radius 3 is 2.85 bits per heavy atom. The second-order valence-electron chi connectivity index (χ2n) is 2.25. The Balaban J connectivity index is 0.000000845. The molecule has 2 aromatic rings. The van der Waals surface area contributed by atoms with Gasteiger partial charge in [-0.25, -0.2) is 10.8 Å². The summed E-state index contributed by atoms with van der Waals surface area (Å²) >= 11 is 7.38. The summed E-state index contributed by atoms with van der Waals surface area (Å²) < 4.78 is 1.04. The van der Waals surface area contributed by atoms with Gasteiger partial charge in [-0.3, -0.25) is 5.43 Å². The molecule has 0 aliphatic carbocycles. The summed E-state index contributed by atoms with van der Waals surface area (Å²) in [4.78, 5) is 4.18. The second kappa shape index (κ2) is 4.11. The first kappa shape index (κ1) is 10.5. The first-order chi connectivity index (χ1) is 5.81. The Morgan fingerprint density at radius 1 is 1.46 bits per heavy atom. The highest BCUT2D eigenvalue weighted by atomic mass is 35.5. The maximum absolute atomic E-state index is 5.90. The highest BCUT2D eigenvalue weighted by molar-refractivity contribution is 7.22. The predicted molar refractivity (Wildman–Crippen MR) is 59.7 cm³/mol. The number of hydrogen-bond acceptors (Lipinski definition) is 4. The van der Waals surface area contributed by atoms with Crippen molar-refractivity contribution in [1.82, 2.24) is 4.98 Å². The van der Waals surface area contributed by atoms with Crippen LogP contribution < -0.4 is 11.3 Å². The van der Waals surface area contributed by atoms with Gasteiger partial charge in [-0.2, -0.15) is 0 Å². The van der Waals surface area contributed by atoms with Gasteiger partial charge in [0.2, 0.25) is 0 Å². The van der Waals surface area contributed by atoms with E-state index in [4.69, 9.17) is 17.4 Å². The van der Waals surface area contributed by atoms with E-state index in [1.807, 2.05) is 18.2 Å². The number of nitrogens with one attached hydrogen (secondary N) is 1. The van der Waals surface area contributed by atoms with Crippen molar-refractivity contribution < 1.29 is 0 Å². The number of hydrazine groups is 1. The molecular formula is C7H7Cl2N3S. The molecule has 0 spiro atoms. The maximum atomic E-state index is 5.90. The Labute approximate surface area is 90.3 Å². The van der Waals surface area contributed by atoms with Gasteiger partial charge >= 0.3 is 0 Å². The van der Waals surface area contributed by atoms with Gasteiger partial charge in [-0.1, -0.05) is 29.0 Å². The number of halogens is 2. The van der Waals surface area contributed by atoms with Crippen molar-refractivity contribution in [2.24, 2.45) is 5.84 Å². The molecule has 0 atom stereocenters. The number of nitrogen functional groups attached to an aromatic ring is 1. The average molecular weight is 236 g/mol. The Bertz CT molecular complexity index is 415. The van der Waals surface area contributed by atoms with Crippen LogP contribution >= 0.6 is 35.3 Å². The van der Waals surface area contributed by atoms with E-state index < -0.39 is 0 Å². The fourth-order valence-corrected chi connectivity index (χ4v) is 2.05. The standard InChI is InChI=1S/C7H6ClN3S.ClH/c8-4-2-1-3-5-6(4)10-7(11-9)12-5;/h1-3H,9H2,(H,10,11);1H. The molecule has 2 rings (SSSR count). The molecule has 3 nitrogen and oxygen atoms in total. The SMILES string of the molecule is Cl.NNc1nc2c(Cl)cccc2s1. The zero-order valence-corrected chi connectivity index (χ0v) is 8.84. The van der Waals surface area contributed by atoms with E-state index in [2.05, 4.69) is 10.4 Å². The minimum absolute atomic E-state index is 0. The van der Waals surface area contributed by atoms with Crippen LogP contribution in [0.1, 0.15) is 0 Å². The van der Waals surface area contributed by atoms with Crippen molar-refractivity contribution in [3.05, 3.63) is 23.2 Å². The molecule has 6 heteroatoms. The lowest BCUT2D eigenvalue weighted by Crippen LogP contribution is -2.05. The molecule has 0 radical (unpaired) electrons. The zero-order chi connectivity index (χ0) is 8.55. The molecule has 0 amide bonds. The number of rotatable bonds is 1. The Hall–Kier alpha value is -0.550. The van der Waals surface area contributed by atoms with Gasteiger partial charge in [0, 0.05) is 0 Å². The number of benzene rings is 1. The number of nitrogens with zero attached hydrogens (tertiary/aromatic N) is 1. The molecule has 3 N–H and O–H groups in total. The number of para-hydroxylation sites is 1. The first-order valence-corrected chi connectivity index (χ1v) is 4.52. The number of thiazole rings is 1. The molecule has 0 aliphatic heterocycles. The van der Waals surface area contributed by atoms with Crippen LogP contribution in [0.2, 0.25) is 5.02 Å². The topological polar surface area (TPSA) is 50.9 Å². The van der Waals surface area contributed by atoms with E-state index in [1.54, 1.807) is 0 Å². The third kappa shape index (κ3) is 1.86. The summed E-state index contributed by atoms with van der Waals surface area (Å²) in [6.45, 7) is 0. The number of fused-ring (bicyclic) bond motifs is 1. The van der Waals surface area contributed by atoms with E-state index in [1.165, 1.54) is 11.3 Å². The molecule has 0 saturated carbocycles. The van der Waals surface area contributed by atoms with Gasteiger partial charge < -0.3 is 0 Å². The molecule has 0 saturated heterocycles. The number of aromatic nitrogens is 1. The van der Waals surface area contributed by atoms with Crippen LogP contribution in [-0.2, 0) is 0 Å². The van der Waals surface area contributed by atoms with Crippen LogP contribution in [0.4, 0.5) is 5.13 Å². The highest BCUT2D eigenvalue weighted by Gasteiger charge is 2.04. The number of hydrogen-bond donors (Lipinski definition) is 2. The second-order valence-corrected chi connectivity index (χ2v) is 3.69. The summed E-state index contributed by atoms with van der Waals surface area (Å²) in [5, 5.41) is 1.34. The lowest BCUT2D eigenvalue weighted by Gasteiger charge is -1.88. The van der Waals surface area contributed by atoms with Crippen molar-refractivity contribution in [2.75, 3.05) is 5.43 Å².